The van der Waals surface area contributed by atoms with Gasteiger partial charge in [-0.05, 0) is 54.6 Å². The maximum atomic E-state index is 12.8. The van der Waals surface area contributed by atoms with Gasteiger partial charge in [0.05, 0.1) is 34.5 Å². The lowest BCUT2D eigenvalue weighted by Crippen LogP contribution is -2.24. The maximum Gasteiger partial charge on any atom is 0.227 e. The third-order valence-electron chi connectivity index (χ3n) is 7.28. The molecular weight excluding hydrogens is 494 g/mol. The van der Waals surface area contributed by atoms with Gasteiger partial charge in [-0.2, -0.15) is 16.4 Å². The zero-order chi connectivity index (χ0) is 25.5. The average Bonchev–Trinajstić information content (AvgIpc) is 3.73. The highest BCUT2D eigenvalue weighted by atomic mass is 32.1. The van der Waals surface area contributed by atoms with Crippen LogP contribution in [0.1, 0.15) is 32.1 Å². The van der Waals surface area contributed by atoms with Crippen LogP contribution in [0.4, 0.5) is 5.69 Å². The van der Waals surface area contributed by atoms with Crippen molar-refractivity contribution in [2.75, 3.05) is 5.32 Å². The largest absolute Gasteiger partial charge is 0.353 e. The lowest BCUT2D eigenvalue weighted by Gasteiger charge is -2.20. The first-order chi connectivity index (χ1) is 18.7. The van der Waals surface area contributed by atoms with Crippen molar-refractivity contribution in [1.29, 1.82) is 0 Å². The Bertz CT molecular complexity index is 1760. The van der Waals surface area contributed by atoms with Crippen LogP contribution in [0.3, 0.4) is 0 Å². The third kappa shape index (κ3) is 4.14. The predicted octanol–water partition coefficient (Wildman–Crippen LogP) is 6.81. The van der Waals surface area contributed by atoms with Crippen molar-refractivity contribution >= 4 is 44.9 Å². The van der Waals surface area contributed by atoms with Crippen LogP contribution < -0.4 is 5.32 Å². The molecule has 3 N–H and O–H groups in total. The molecule has 0 unspecified atom stereocenters. The average molecular weight is 520 g/mol. The van der Waals surface area contributed by atoms with Crippen molar-refractivity contribution in [3.63, 3.8) is 0 Å². The molecule has 0 saturated heterocycles. The number of rotatable bonds is 5. The summed E-state index contributed by atoms with van der Waals surface area (Å²) >= 11 is 1.65. The summed E-state index contributed by atoms with van der Waals surface area (Å²) in [6.45, 7) is 0. The summed E-state index contributed by atoms with van der Waals surface area (Å²) in [4.78, 5) is 30.2. The Hall–Kier alpha value is -4.37. The van der Waals surface area contributed by atoms with Crippen molar-refractivity contribution in [3.05, 3.63) is 65.7 Å². The SMILES string of the molecule is O=C(Nc1cncc(-c2ccc3[nH]nc(-c4cc5c(-c6ccsc6)nccc5[nH]4)c3n2)c1)C1CCCCC1. The van der Waals surface area contributed by atoms with E-state index in [2.05, 4.69) is 53.4 Å². The number of thiophene rings is 1. The molecular formula is C29H25N7OS. The molecule has 8 nitrogen and oxygen atoms in total. The minimum absolute atomic E-state index is 0.0827. The molecule has 7 rings (SSSR count). The second kappa shape index (κ2) is 9.50. The highest BCUT2D eigenvalue weighted by molar-refractivity contribution is 7.08. The summed E-state index contributed by atoms with van der Waals surface area (Å²) in [5, 5.41) is 16.0. The lowest BCUT2D eigenvalue weighted by molar-refractivity contribution is -0.120. The number of nitrogens with one attached hydrogen (secondary N) is 3. The fraction of sp³-hybridized carbons (Fsp3) is 0.207. The van der Waals surface area contributed by atoms with E-state index >= 15 is 0 Å². The number of hydrogen-bond acceptors (Lipinski definition) is 6. The van der Waals surface area contributed by atoms with Gasteiger partial charge in [-0.25, -0.2) is 4.98 Å². The molecule has 188 valence electrons. The molecule has 1 fully saturated rings. The molecule has 0 aromatic carbocycles. The summed E-state index contributed by atoms with van der Waals surface area (Å²) < 4.78 is 0. The highest BCUT2D eigenvalue weighted by Gasteiger charge is 2.21. The fourth-order valence-electron chi connectivity index (χ4n) is 5.32. The van der Waals surface area contributed by atoms with Crippen LogP contribution in [0.2, 0.25) is 0 Å². The van der Waals surface area contributed by atoms with E-state index in [0.717, 1.165) is 81.5 Å². The van der Waals surface area contributed by atoms with Gasteiger partial charge < -0.3 is 10.3 Å². The molecule has 6 aromatic heterocycles. The number of hydrogen-bond donors (Lipinski definition) is 3. The number of aromatic amines is 2. The molecule has 6 aromatic rings. The van der Waals surface area contributed by atoms with Gasteiger partial charge in [0.1, 0.15) is 11.2 Å². The number of pyridine rings is 3. The molecule has 0 radical (unpaired) electrons. The zero-order valence-corrected chi connectivity index (χ0v) is 21.4. The smallest absolute Gasteiger partial charge is 0.227 e. The number of carbonyl (C=O) groups is 1. The monoisotopic (exact) mass is 519 g/mol. The number of fused-ring (bicyclic) bond motifs is 2. The first kappa shape index (κ1) is 22.8. The van der Waals surface area contributed by atoms with E-state index in [1.165, 1.54) is 6.42 Å². The molecule has 1 aliphatic carbocycles. The van der Waals surface area contributed by atoms with Crippen molar-refractivity contribution in [2.24, 2.45) is 5.92 Å². The Morgan fingerprint density at radius 1 is 0.974 bits per heavy atom. The Morgan fingerprint density at radius 3 is 2.76 bits per heavy atom. The number of H-pyrrole nitrogens is 2. The molecule has 1 amide bonds. The standard InChI is InChI=1S/C29H25N7OS/c37-29(17-4-2-1-3-5-17)32-20-12-19(14-30-15-20)22-6-7-24-27(34-22)28(36-35-24)25-13-21-23(33-25)8-10-31-26(21)18-9-11-38-16-18/h6-17,33H,1-5H2,(H,32,37)(H,35,36). The van der Waals surface area contributed by atoms with Gasteiger partial charge in [-0.3, -0.25) is 19.9 Å². The van der Waals surface area contributed by atoms with E-state index in [9.17, 15) is 4.79 Å². The van der Waals surface area contributed by atoms with E-state index in [4.69, 9.17) is 4.98 Å². The van der Waals surface area contributed by atoms with Crippen LogP contribution in [0.5, 0.6) is 0 Å². The van der Waals surface area contributed by atoms with Crippen LogP contribution in [0.25, 0.3) is 55.8 Å². The lowest BCUT2D eigenvalue weighted by atomic mass is 9.88. The minimum atomic E-state index is 0.0827. The third-order valence-corrected chi connectivity index (χ3v) is 7.97. The van der Waals surface area contributed by atoms with Crippen LogP contribution in [0, 0.1) is 5.92 Å². The molecule has 38 heavy (non-hydrogen) atoms. The van der Waals surface area contributed by atoms with Crippen LogP contribution in [-0.2, 0) is 4.79 Å². The van der Waals surface area contributed by atoms with Crippen molar-refractivity contribution in [2.45, 2.75) is 32.1 Å². The van der Waals surface area contributed by atoms with Crippen molar-refractivity contribution in [1.82, 2.24) is 30.1 Å². The fourth-order valence-corrected chi connectivity index (χ4v) is 5.96. The number of carbonyl (C=O) groups excluding carboxylic acids is 1. The van der Waals surface area contributed by atoms with Gasteiger partial charge >= 0.3 is 0 Å². The molecule has 0 atom stereocenters. The van der Waals surface area contributed by atoms with Crippen LogP contribution in [0.15, 0.2) is 65.7 Å². The Morgan fingerprint density at radius 2 is 1.89 bits per heavy atom. The molecule has 0 spiro atoms. The Kier molecular flexibility index (Phi) is 5.70. The minimum Gasteiger partial charge on any atom is -0.353 e. The second-order valence-corrected chi connectivity index (χ2v) is 10.5. The number of nitrogens with zero attached hydrogens (tertiary/aromatic N) is 4. The number of amides is 1. The van der Waals surface area contributed by atoms with Gasteiger partial charge in [-0.15, -0.1) is 0 Å². The normalized spacial score (nSPS) is 14.3. The van der Waals surface area contributed by atoms with Gasteiger partial charge in [-0.1, -0.05) is 19.3 Å². The summed E-state index contributed by atoms with van der Waals surface area (Å²) in [6.07, 6.45) is 10.7. The number of aromatic nitrogens is 6. The van der Waals surface area contributed by atoms with Crippen LogP contribution in [-0.4, -0.2) is 36.0 Å². The molecule has 1 saturated carbocycles. The topological polar surface area (TPSA) is 112 Å². The zero-order valence-electron chi connectivity index (χ0n) is 20.6. The molecule has 0 aliphatic heterocycles. The van der Waals surface area contributed by atoms with Gasteiger partial charge in [0.2, 0.25) is 5.91 Å². The van der Waals surface area contributed by atoms with Gasteiger partial charge in [0, 0.05) is 45.7 Å². The summed E-state index contributed by atoms with van der Waals surface area (Å²) in [5.41, 5.74) is 8.53. The Labute approximate surface area is 222 Å². The van der Waals surface area contributed by atoms with E-state index < -0.39 is 0 Å². The summed E-state index contributed by atoms with van der Waals surface area (Å²) in [7, 11) is 0. The van der Waals surface area contributed by atoms with Gasteiger partial charge in [0.15, 0.2) is 0 Å². The summed E-state index contributed by atoms with van der Waals surface area (Å²) in [5.74, 6) is 0.168. The van der Waals surface area contributed by atoms with E-state index in [0.29, 0.717) is 5.69 Å². The van der Waals surface area contributed by atoms with Gasteiger partial charge in [0.25, 0.3) is 0 Å². The molecule has 9 heteroatoms. The summed E-state index contributed by atoms with van der Waals surface area (Å²) in [6, 6.07) is 12.0. The second-order valence-electron chi connectivity index (χ2n) is 9.77. The Balaban J connectivity index is 1.23. The molecule has 0 bridgehead atoms. The van der Waals surface area contributed by atoms with E-state index in [1.807, 2.05) is 30.5 Å². The van der Waals surface area contributed by atoms with E-state index in [1.54, 1.807) is 23.7 Å². The van der Waals surface area contributed by atoms with E-state index in [-0.39, 0.29) is 11.8 Å². The first-order valence-electron chi connectivity index (χ1n) is 12.8. The van der Waals surface area contributed by atoms with Crippen molar-refractivity contribution < 1.29 is 4.79 Å². The van der Waals surface area contributed by atoms with Crippen molar-refractivity contribution in [3.8, 4) is 33.9 Å². The number of anilines is 1. The molecule has 1 aliphatic rings. The highest BCUT2D eigenvalue weighted by Crippen LogP contribution is 2.34. The predicted molar refractivity (Wildman–Crippen MR) is 151 cm³/mol. The maximum absolute atomic E-state index is 12.8. The van der Waals surface area contributed by atoms with Crippen LogP contribution >= 0.6 is 11.3 Å². The first-order valence-corrected chi connectivity index (χ1v) is 13.8. The quantitative estimate of drug-likeness (QED) is 0.232. The molecule has 6 heterocycles.